The molecule has 21 heavy (non-hydrogen) atoms. The van der Waals surface area contributed by atoms with E-state index in [1.54, 1.807) is 0 Å². The molecule has 0 atom stereocenters. The predicted molar refractivity (Wildman–Crippen MR) is 70.3 cm³/mol. The molecule has 0 aliphatic heterocycles. The zero-order valence-electron chi connectivity index (χ0n) is 11.2. The highest BCUT2D eigenvalue weighted by Gasteiger charge is 2.18. The summed E-state index contributed by atoms with van der Waals surface area (Å²) in [7, 11) is -3.80. The van der Waals surface area contributed by atoms with Crippen LogP contribution in [0.3, 0.4) is 0 Å². The molecule has 0 fully saturated rings. The summed E-state index contributed by atoms with van der Waals surface area (Å²) in [4.78, 5) is 3.67. The number of aromatic nitrogens is 2. The van der Waals surface area contributed by atoms with Crippen molar-refractivity contribution < 1.29 is 22.4 Å². The van der Waals surface area contributed by atoms with Gasteiger partial charge in [0.05, 0.1) is 11.5 Å². The van der Waals surface area contributed by atoms with Gasteiger partial charge in [-0.15, -0.1) is 0 Å². The molecule has 7 nitrogen and oxygen atoms in total. The van der Waals surface area contributed by atoms with Crippen LogP contribution in [0.2, 0.25) is 0 Å². The first kappa shape index (κ1) is 15.5. The van der Waals surface area contributed by atoms with E-state index in [-0.39, 0.29) is 29.0 Å². The summed E-state index contributed by atoms with van der Waals surface area (Å²) in [5.41, 5.74) is 0.0890. The summed E-state index contributed by atoms with van der Waals surface area (Å²) >= 11 is 0. The average Bonchev–Trinajstić information content (AvgIpc) is 2.94. The van der Waals surface area contributed by atoms with Crippen LogP contribution in [0.1, 0.15) is 17.0 Å². The summed E-state index contributed by atoms with van der Waals surface area (Å²) in [6.45, 7) is 0.930. The van der Waals surface area contributed by atoms with Crippen molar-refractivity contribution in [3.8, 4) is 0 Å². The van der Waals surface area contributed by atoms with Gasteiger partial charge in [0.15, 0.2) is 6.33 Å². The Kier molecular flexibility index (Phi) is 4.66. The van der Waals surface area contributed by atoms with Crippen molar-refractivity contribution >= 4 is 10.0 Å². The minimum Gasteiger partial charge on any atom is -0.392 e. The second-order valence-corrected chi connectivity index (χ2v) is 6.12. The summed E-state index contributed by atoms with van der Waals surface area (Å²) < 4.78 is 44.9. The topological polar surface area (TPSA) is 105 Å². The van der Waals surface area contributed by atoms with E-state index in [0.29, 0.717) is 5.89 Å². The Morgan fingerprint density at radius 3 is 2.81 bits per heavy atom. The Labute approximate surface area is 120 Å². The summed E-state index contributed by atoms with van der Waals surface area (Å²) in [5, 5.41) is 12.5. The molecule has 0 aliphatic rings. The molecule has 0 bridgehead atoms. The summed E-state index contributed by atoms with van der Waals surface area (Å²) in [5.74, 6) is -0.300. The quantitative estimate of drug-likeness (QED) is 0.805. The minimum absolute atomic E-state index is 0.0627. The smallest absolute Gasteiger partial charge is 0.240 e. The highest BCUT2D eigenvalue weighted by Crippen LogP contribution is 2.19. The molecule has 0 aliphatic carbocycles. The van der Waals surface area contributed by atoms with Crippen LogP contribution < -0.4 is 4.72 Å². The van der Waals surface area contributed by atoms with E-state index in [9.17, 15) is 12.8 Å². The van der Waals surface area contributed by atoms with Crippen molar-refractivity contribution in [2.24, 2.45) is 0 Å². The predicted octanol–water partition coefficient (Wildman–Crippen LogP) is 0.530. The Balaban J connectivity index is 2.13. The fraction of sp³-hybridized carbons (Fsp3) is 0.333. The molecular formula is C12H14FN3O4S. The van der Waals surface area contributed by atoms with Gasteiger partial charge in [0.2, 0.25) is 15.9 Å². The van der Waals surface area contributed by atoms with Crippen molar-refractivity contribution in [3.63, 3.8) is 0 Å². The number of nitrogens with one attached hydrogen (secondary N) is 1. The molecule has 114 valence electrons. The van der Waals surface area contributed by atoms with E-state index in [1.165, 1.54) is 19.3 Å². The first-order chi connectivity index (χ1) is 9.94. The molecule has 1 aromatic heterocycles. The number of sulfonamides is 1. The molecule has 0 unspecified atom stereocenters. The van der Waals surface area contributed by atoms with E-state index >= 15 is 0 Å². The lowest BCUT2D eigenvalue weighted by Crippen LogP contribution is -2.26. The largest absolute Gasteiger partial charge is 0.392 e. The molecule has 0 saturated heterocycles. The first-order valence-electron chi connectivity index (χ1n) is 6.09. The van der Waals surface area contributed by atoms with Crippen LogP contribution in [0.15, 0.2) is 27.9 Å². The second-order valence-electron chi connectivity index (χ2n) is 4.35. The standard InChI is InChI=1S/C12H14FN3O4S/c1-8-4-10(5-9(6-17)12(8)13)21(18,19)16-3-2-11-14-7-15-20-11/h4-5,7,16-17H,2-3,6H2,1H3. The lowest BCUT2D eigenvalue weighted by molar-refractivity contribution is 0.275. The van der Waals surface area contributed by atoms with Gasteiger partial charge < -0.3 is 9.63 Å². The van der Waals surface area contributed by atoms with Crippen LogP contribution in [0.25, 0.3) is 0 Å². The van der Waals surface area contributed by atoms with Gasteiger partial charge in [-0.05, 0) is 24.6 Å². The van der Waals surface area contributed by atoms with Crippen molar-refractivity contribution in [2.45, 2.75) is 24.8 Å². The maximum Gasteiger partial charge on any atom is 0.240 e. The first-order valence-corrected chi connectivity index (χ1v) is 7.57. The normalized spacial score (nSPS) is 11.8. The number of hydrogen-bond donors (Lipinski definition) is 2. The summed E-state index contributed by atoms with van der Waals surface area (Å²) in [6.07, 6.45) is 1.47. The van der Waals surface area contributed by atoms with Crippen molar-refractivity contribution in [2.75, 3.05) is 6.54 Å². The maximum atomic E-state index is 13.6. The number of rotatable bonds is 6. The van der Waals surface area contributed by atoms with Crippen molar-refractivity contribution in [1.82, 2.24) is 14.9 Å². The summed E-state index contributed by atoms with van der Waals surface area (Å²) in [6, 6.07) is 2.32. The molecule has 1 heterocycles. The Bertz CT molecular complexity index is 716. The monoisotopic (exact) mass is 315 g/mol. The molecule has 2 N–H and O–H groups in total. The third-order valence-electron chi connectivity index (χ3n) is 2.82. The number of hydrogen-bond acceptors (Lipinski definition) is 6. The molecule has 0 amide bonds. The lowest BCUT2D eigenvalue weighted by Gasteiger charge is -2.09. The average molecular weight is 315 g/mol. The zero-order valence-corrected chi connectivity index (χ0v) is 12.0. The van der Waals surface area contributed by atoms with Gasteiger partial charge in [-0.25, -0.2) is 17.5 Å². The van der Waals surface area contributed by atoms with E-state index in [0.717, 1.165) is 6.07 Å². The van der Waals surface area contributed by atoms with E-state index in [2.05, 4.69) is 14.9 Å². The van der Waals surface area contributed by atoms with Gasteiger partial charge in [0.1, 0.15) is 5.82 Å². The van der Waals surface area contributed by atoms with Crippen molar-refractivity contribution in [1.29, 1.82) is 0 Å². The molecule has 1 aromatic carbocycles. The molecule has 9 heteroatoms. The number of aliphatic hydroxyl groups is 1. The fourth-order valence-corrected chi connectivity index (χ4v) is 2.93. The van der Waals surface area contributed by atoms with Gasteiger partial charge in [-0.2, -0.15) is 4.98 Å². The van der Waals surface area contributed by atoms with E-state index < -0.39 is 22.4 Å². The molecule has 0 radical (unpaired) electrons. The van der Waals surface area contributed by atoms with Crippen LogP contribution in [-0.2, 0) is 23.1 Å². The molecule has 2 rings (SSSR count). The van der Waals surface area contributed by atoms with Gasteiger partial charge in [0, 0.05) is 18.5 Å². The molecule has 2 aromatic rings. The number of nitrogens with zero attached hydrogens (tertiary/aromatic N) is 2. The molecule has 0 spiro atoms. The third kappa shape index (κ3) is 3.63. The second kappa shape index (κ2) is 6.29. The Morgan fingerprint density at radius 2 is 2.19 bits per heavy atom. The van der Waals surface area contributed by atoms with Gasteiger partial charge in [-0.1, -0.05) is 5.16 Å². The number of halogens is 1. The molecule has 0 saturated carbocycles. The SMILES string of the molecule is Cc1cc(S(=O)(=O)NCCc2ncno2)cc(CO)c1F. The number of aliphatic hydroxyl groups excluding tert-OH is 1. The van der Waals surface area contributed by atoms with E-state index in [1.807, 2.05) is 0 Å². The van der Waals surface area contributed by atoms with Gasteiger partial charge in [-0.3, -0.25) is 0 Å². The number of aryl methyl sites for hydroxylation is 1. The minimum atomic E-state index is -3.80. The van der Waals surface area contributed by atoms with Gasteiger partial charge >= 0.3 is 0 Å². The molecular weight excluding hydrogens is 301 g/mol. The van der Waals surface area contributed by atoms with Crippen molar-refractivity contribution in [3.05, 3.63) is 41.3 Å². The Hall–Kier alpha value is -1.84. The van der Waals surface area contributed by atoms with E-state index in [4.69, 9.17) is 9.63 Å². The maximum absolute atomic E-state index is 13.6. The van der Waals surface area contributed by atoms with Crippen LogP contribution in [-0.4, -0.2) is 30.2 Å². The highest BCUT2D eigenvalue weighted by molar-refractivity contribution is 7.89. The van der Waals surface area contributed by atoms with Crippen LogP contribution in [0.5, 0.6) is 0 Å². The highest BCUT2D eigenvalue weighted by atomic mass is 32.2. The fourth-order valence-electron chi connectivity index (χ4n) is 1.76. The zero-order chi connectivity index (χ0) is 15.5. The third-order valence-corrected chi connectivity index (χ3v) is 4.26. The number of benzene rings is 1. The lowest BCUT2D eigenvalue weighted by atomic mass is 10.1. The van der Waals surface area contributed by atoms with Gasteiger partial charge in [0.25, 0.3) is 0 Å². The Morgan fingerprint density at radius 1 is 1.43 bits per heavy atom. The van der Waals surface area contributed by atoms with Crippen LogP contribution >= 0.6 is 0 Å². The van der Waals surface area contributed by atoms with Crippen LogP contribution in [0.4, 0.5) is 4.39 Å². The van der Waals surface area contributed by atoms with Crippen LogP contribution in [0, 0.1) is 12.7 Å².